The van der Waals surface area contributed by atoms with Gasteiger partial charge in [-0.1, -0.05) is 67.9 Å². The number of carbonyl (C=O) groups is 1. The molecule has 0 bridgehead atoms. The minimum absolute atomic E-state index is 0.177. The van der Waals surface area contributed by atoms with Crippen molar-refractivity contribution >= 4 is 5.78 Å². The Morgan fingerprint density at radius 1 is 0.952 bits per heavy atom. The number of hydrogen-bond donors (Lipinski definition) is 0. The predicted molar refractivity (Wildman–Crippen MR) is 87.5 cm³/mol. The zero-order chi connectivity index (χ0) is 15.1. The van der Waals surface area contributed by atoms with E-state index in [9.17, 15) is 4.79 Å². The Morgan fingerprint density at radius 3 is 2.24 bits per heavy atom. The van der Waals surface area contributed by atoms with Crippen LogP contribution in [0.5, 0.6) is 0 Å². The van der Waals surface area contributed by atoms with E-state index in [4.69, 9.17) is 0 Å². The third-order valence-electron chi connectivity index (χ3n) is 3.52. The first-order valence-electron chi connectivity index (χ1n) is 7.53. The first-order valence-corrected chi connectivity index (χ1v) is 7.53. The summed E-state index contributed by atoms with van der Waals surface area (Å²) in [4.78, 5) is 14.3. The summed E-state index contributed by atoms with van der Waals surface area (Å²) < 4.78 is 0. The second kappa shape index (κ2) is 7.75. The molecule has 0 saturated carbocycles. The van der Waals surface area contributed by atoms with Gasteiger partial charge in [0.2, 0.25) is 0 Å². The molecule has 2 aromatic carbocycles. The van der Waals surface area contributed by atoms with E-state index in [0.717, 1.165) is 24.9 Å². The molecule has 0 N–H and O–H groups in total. The van der Waals surface area contributed by atoms with Crippen molar-refractivity contribution < 1.29 is 4.79 Å². The third kappa shape index (κ3) is 4.83. The minimum Gasteiger partial charge on any atom is -0.295 e. The Balaban J connectivity index is 1.91. The summed E-state index contributed by atoms with van der Waals surface area (Å²) in [5.74, 6) is 0.177. The molecule has 0 saturated heterocycles. The van der Waals surface area contributed by atoms with Crippen LogP contribution in [0.1, 0.15) is 34.8 Å². The van der Waals surface area contributed by atoms with Gasteiger partial charge in [0.25, 0.3) is 0 Å². The normalized spacial score (nSPS) is 10.8. The molecule has 0 atom stereocenters. The number of benzene rings is 2. The maximum Gasteiger partial charge on any atom is 0.176 e. The van der Waals surface area contributed by atoms with Crippen molar-refractivity contribution in [1.29, 1.82) is 0 Å². The van der Waals surface area contributed by atoms with Gasteiger partial charge in [0.05, 0.1) is 6.54 Å². The standard InChI is InChI=1S/C19H23NO/c1-3-7-16-10-12-18(13-11-16)19(21)15-20(2)14-17-8-5-4-6-9-17/h4-6,8-13H,3,7,14-15H2,1-2H3. The summed E-state index contributed by atoms with van der Waals surface area (Å²) in [6.07, 6.45) is 2.20. The fourth-order valence-corrected chi connectivity index (χ4v) is 2.43. The molecule has 110 valence electrons. The molecule has 0 aliphatic heterocycles. The first kappa shape index (κ1) is 15.5. The lowest BCUT2D eigenvalue weighted by Gasteiger charge is -2.16. The second-order valence-corrected chi connectivity index (χ2v) is 5.53. The highest BCUT2D eigenvalue weighted by Gasteiger charge is 2.09. The van der Waals surface area contributed by atoms with Crippen LogP contribution in [0.3, 0.4) is 0 Å². The summed E-state index contributed by atoms with van der Waals surface area (Å²) in [5.41, 5.74) is 3.33. The molecule has 0 radical (unpaired) electrons. The van der Waals surface area contributed by atoms with Gasteiger partial charge in [0.15, 0.2) is 5.78 Å². The Hall–Kier alpha value is -1.93. The van der Waals surface area contributed by atoms with E-state index < -0.39 is 0 Å². The van der Waals surface area contributed by atoms with E-state index in [1.165, 1.54) is 11.1 Å². The minimum atomic E-state index is 0.177. The lowest BCUT2D eigenvalue weighted by Crippen LogP contribution is -2.25. The summed E-state index contributed by atoms with van der Waals surface area (Å²) in [7, 11) is 1.98. The number of carbonyl (C=O) groups excluding carboxylic acids is 1. The molecular weight excluding hydrogens is 258 g/mol. The van der Waals surface area contributed by atoms with E-state index in [-0.39, 0.29) is 5.78 Å². The average molecular weight is 281 g/mol. The molecule has 0 unspecified atom stereocenters. The largest absolute Gasteiger partial charge is 0.295 e. The molecule has 2 aromatic rings. The van der Waals surface area contributed by atoms with E-state index in [1.54, 1.807) is 0 Å². The van der Waals surface area contributed by atoms with Crippen molar-refractivity contribution in [3.63, 3.8) is 0 Å². The summed E-state index contributed by atoms with van der Waals surface area (Å²) >= 11 is 0. The zero-order valence-electron chi connectivity index (χ0n) is 12.9. The lowest BCUT2D eigenvalue weighted by molar-refractivity contribution is 0.0943. The molecular formula is C19H23NO. The molecule has 21 heavy (non-hydrogen) atoms. The van der Waals surface area contributed by atoms with Crippen LogP contribution in [0.4, 0.5) is 0 Å². The third-order valence-corrected chi connectivity index (χ3v) is 3.52. The van der Waals surface area contributed by atoms with Crippen LogP contribution in [0.2, 0.25) is 0 Å². The fourth-order valence-electron chi connectivity index (χ4n) is 2.43. The molecule has 2 rings (SSSR count). The van der Waals surface area contributed by atoms with Crippen molar-refractivity contribution in [3.8, 4) is 0 Å². The van der Waals surface area contributed by atoms with Crippen molar-refractivity contribution in [2.75, 3.05) is 13.6 Å². The van der Waals surface area contributed by atoms with Gasteiger partial charge in [-0.15, -0.1) is 0 Å². The van der Waals surface area contributed by atoms with Gasteiger partial charge in [-0.2, -0.15) is 0 Å². The van der Waals surface area contributed by atoms with Gasteiger partial charge in [-0.05, 0) is 24.6 Å². The maximum absolute atomic E-state index is 12.3. The molecule has 0 aromatic heterocycles. The smallest absolute Gasteiger partial charge is 0.176 e. The van der Waals surface area contributed by atoms with Gasteiger partial charge in [-0.3, -0.25) is 9.69 Å². The van der Waals surface area contributed by atoms with Crippen molar-refractivity contribution in [2.24, 2.45) is 0 Å². The lowest BCUT2D eigenvalue weighted by atomic mass is 10.1. The highest BCUT2D eigenvalue weighted by Crippen LogP contribution is 2.09. The summed E-state index contributed by atoms with van der Waals surface area (Å²) in [6, 6.07) is 18.2. The highest BCUT2D eigenvalue weighted by atomic mass is 16.1. The van der Waals surface area contributed by atoms with E-state index in [2.05, 4.69) is 36.1 Å². The van der Waals surface area contributed by atoms with Crippen molar-refractivity contribution in [2.45, 2.75) is 26.3 Å². The predicted octanol–water partition coefficient (Wildman–Crippen LogP) is 3.95. The Kier molecular flexibility index (Phi) is 5.70. The van der Waals surface area contributed by atoms with Crippen LogP contribution >= 0.6 is 0 Å². The molecule has 0 aliphatic rings. The molecule has 0 amide bonds. The fraction of sp³-hybridized carbons (Fsp3) is 0.316. The molecule has 0 heterocycles. The van der Waals surface area contributed by atoms with Crippen LogP contribution in [-0.4, -0.2) is 24.3 Å². The van der Waals surface area contributed by atoms with Gasteiger partial charge >= 0.3 is 0 Å². The number of Topliss-reactive ketones (excluding diaryl/α,β-unsaturated/α-hetero) is 1. The Morgan fingerprint density at radius 2 is 1.62 bits per heavy atom. The van der Waals surface area contributed by atoms with Gasteiger partial charge < -0.3 is 0 Å². The van der Waals surface area contributed by atoms with Gasteiger partial charge in [-0.25, -0.2) is 0 Å². The summed E-state index contributed by atoms with van der Waals surface area (Å²) in [5, 5.41) is 0. The first-order chi connectivity index (χ1) is 10.2. The molecule has 0 spiro atoms. The van der Waals surface area contributed by atoms with Gasteiger partial charge in [0, 0.05) is 12.1 Å². The average Bonchev–Trinajstić information content (AvgIpc) is 2.49. The topological polar surface area (TPSA) is 20.3 Å². The number of aryl methyl sites for hydroxylation is 1. The number of hydrogen-bond acceptors (Lipinski definition) is 2. The molecule has 2 heteroatoms. The van der Waals surface area contributed by atoms with Crippen LogP contribution in [0, 0.1) is 0 Å². The van der Waals surface area contributed by atoms with E-state index in [1.807, 2.05) is 37.4 Å². The zero-order valence-corrected chi connectivity index (χ0v) is 12.9. The van der Waals surface area contributed by atoms with E-state index in [0.29, 0.717) is 6.54 Å². The van der Waals surface area contributed by atoms with Gasteiger partial charge in [0.1, 0.15) is 0 Å². The Labute approximate surface area is 127 Å². The van der Waals surface area contributed by atoms with E-state index >= 15 is 0 Å². The Bertz CT molecular complexity index is 560. The monoisotopic (exact) mass is 281 g/mol. The SMILES string of the molecule is CCCc1ccc(C(=O)CN(C)Cc2ccccc2)cc1. The number of likely N-dealkylation sites (N-methyl/N-ethyl adjacent to an activating group) is 1. The number of ketones is 1. The number of rotatable bonds is 7. The highest BCUT2D eigenvalue weighted by molar-refractivity contribution is 5.97. The quantitative estimate of drug-likeness (QED) is 0.716. The molecule has 0 aliphatic carbocycles. The van der Waals surface area contributed by atoms with Crippen LogP contribution in [-0.2, 0) is 13.0 Å². The number of nitrogens with zero attached hydrogens (tertiary/aromatic N) is 1. The van der Waals surface area contributed by atoms with Crippen LogP contribution in [0.15, 0.2) is 54.6 Å². The van der Waals surface area contributed by atoms with Crippen molar-refractivity contribution in [1.82, 2.24) is 4.90 Å². The van der Waals surface area contributed by atoms with Crippen LogP contribution < -0.4 is 0 Å². The molecule has 0 fully saturated rings. The summed E-state index contributed by atoms with van der Waals surface area (Å²) in [6.45, 7) is 3.40. The maximum atomic E-state index is 12.3. The van der Waals surface area contributed by atoms with Crippen LogP contribution in [0.25, 0.3) is 0 Å². The molecule has 2 nitrogen and oxygen atoms in total. The van der Waals surface area contributed by atoms with Crippen molar-refractivity contribution in [3.05, 3.63) is 71.3 Å². The second-order valence-electron chi connectivity index (χ2n) is 5.53.